The Labute approximate surface area is 208 Å². The van der Waals surface area contributed by atoms with Crippen LogP contribution in [0.25, 0.3) is 22.0 Å². The van der Waals surface area contributed by atoms with Crippen molar-refractivity contribution in [1.82, 2.24) is 15.1 Å². The van der Waals surface area contributed by atoms with E-state index in [1.165, 1.54) is 0 Å². The van der Waals surface area contributed by atoms with Crippen molar-refractivity contribution >= 4 is 51.4 Å². The van der Waals surface area contributed by atoms with Crippen LogP contribution in [0.1, 0.15) is 13.8 Å². The van der Waals surface area contributed by atoms with Crippen LogP contribution in [0.4, 0.5) is 11.5 Å². The van der Waals surface area contributed by atoms with Crippen molar-refractivity contribution in [3.63, 3.8) is 0 Å². The number of rotatable bonds is 8. The maximum absolute atomic E-state index is 12.2. The van der Waals surface area contributed by atoms with Crippen molar-refractivity contribution < 1.29 is 9.53 Å². The van der Waals surface area contributed by atoms with E-state index in [-0.39, 0.29) is 12.5 Å². The summed E-state index contributed by atoms with van der Waals surface area (Å²) in [7, 11) is 0. The topological polar surface area (TPSA) is 67.4 Å². The molecule has 1 amide bonds. The van der Waals surface area contributed by atoms with Gasteiger partial charge in [-0.3, -0.25) is 4.79 Å². The van der Waals surface area contributed by atoms with E-state index in [1.54, 1.807) is 17.0 Å². The predicted octanol–water partition coefficient (Wildman–Crippen LogP) is 6.59. The molecule has 0 aliphatic rings. The van der Waals surface area contributed by atoms with E-state index in [0.29, 0.717) is 34.7 Å². The van der Waals surface area contributed by atoms with Crippen LogP contribution in [-0.4, -0.2) is 40.7 Å². The number of benzene rings is 3. The summed E-state index contributed by atoms with van der Waals surface area (Å²) in [6.07, 6.45) is 0. The van der Waals surface area contributed by atoms with Crippen LogP contribution in [0, 0.1) is 0 Å². The highest BCUT2D eigenvalue weighted by atomic mass is 35.5. The molecule has 0 aliphatic heterocycles. The molecule has 0 saturated carbocycles. The molecule has 0 radical (unpaired) electrons. The Balaban J connectivity index is 1.57. The zero-order valence-electron chi connectivity index (χ0n) is 18.9. The lowest BCUT2D eigenvalue weighted by Crippen LogP contribution is -2.34. The SMILES string of the molecule is CCN(CC)C(=O)COc1ccc(-c2nnc(Nc3ccc(Cl)c(Cl)c3)c3ccccc23)cc1. The summed E-state index contributed by atoms with van der Waals surface area (Å²) in [5.41, 5.74) is 2.41. The van der Waals surface area contributed by atoms with Gasteiger partial charge in [0.25, 0.3) is 5.91 Å². The standard InChI is InChI=1S/C26H24Cl2N4O2/c1-3-32(4-2)24(33)16-34-19-12-9-17(10-13-19)25-20-7-5-6-8-21(20)26(31-30-25)29-18-11-14-22(27)23(28)15-18/h5-15H,3-4,16H2,1-2H3,(H,29,31). The lowest BCUT2D eigenvalue weighted by molar-refractivity contribution is -0.132. The number of halogens is 2. The van der Waals surface area contributed by atoms with Gasteiger partial charge in [-0.2, -0.15) is 0 Å². The number of carbonyl (C=O) groups is 1. The summed E-state index contributed by atoms with van der Waals surface area (Å²) in [5, 5.41) is 15.0. The third kappa shape index (κ3) is 5.24. The van der Waals surface area contributed by atoms with Crippen molar-refractivity contribution in [1.29, 1.82) is 0 Å². The molecule has 6 nitrogen and oxygen atoms in total. The molecule has 0 fully saturated rings. The summed E-state index contributed by atoms with van der Waals surface area (Å²) in [6, 6.07) is 20.7. The number of nitrogens with one attached hydrogen (secondary N) is 1. The van der Waals surface area contributed by atoms with Gasteiger partial charge in [0.05, 0.1) is 10.0 Å². The maximum atomic E-state index is 12.2. The molecule has 1 heterocycles. The molecule has 3 aromatic carbocycles. The average Bonchev–Trinajstić information content (AvgIpc) is 2.86. The highest BCUT2D eigenvalue weighted by molar-refractivity contribution is 6.42. The Bertz CT molecular complexity index is 1310. The molecule has 0 unspecified atom stereocenters. The third-order valence-corrected chi connectivity index (χ3v) is 6.21. The largest absolute Gasteiger partial charge is 0.484 e. The normalized spacial score (nSPS) is 10.8. The Kier molecular flexibility index (Phi) is 7.50. The van der Waals surface area contributed by atoms with E-state index in [0.717, 1.165) is 27.7 Å². The minimum absolute atomic E-state index is 0.0127. The van der Waals surface area contributed by atoms with E-state index >= 15 is 0 Å². The van der Waals surface area contributed by atoms with Crippen LogP contribution in [0.5, 0.6) is 5.75 Å². The van der Waals surface area contributed by atoms with Crippen LogP contribution in [0.15, 0.2) is 66.7 Å². The van der Waals surface area contributed by atoms with Crippen molar-refractivity contribution in [2.75, 3.05) is 25.0 Å². The predicted molar refractivity (Wildman–Crippen MR) is 138 cm³/mol. The summed E-state index contributed by atoms with van der Waals surface area (Å²) >= 11 is 12.2. The molecule has 0 atom stereocenters. The van der Waals surface area contributed by atoms with Gasteiger partial charge in [0.2, 0.25) is 0 Å². The van der Waals surface area contributed by atoms with E-state index in [2.05, 4.69) is 15.5 Å². The van der Waals surface area contributed by atoms with Gasteiger partial charge in [-0.05, 0) is 56.3 Å². The highest BCUT2D eigenvalue weighted by Gasteiger charge is 2.13. The van der Waals surface area contributed by atoms with E-state index < -0.39 is 0 Å². The molecule has 34 heavy (non-hydrogen) atoms. The molecule has 4 rings (SSSR count). The lowest BCUT2D eigenvalue weighted by atomic mass is 10.0. The quantitative estimate of drug-likeness (QED) is 0.299. The number of carbonyl (C=O) groups excluding carboxylic acids is 1. The van der Waals surface area contributed by atoms with Gasteiger partial charge in [-0.1, -0.05) is 47.5 Å². The van der Waals surface area contributed by atoms with Crippen LogP contribution < -0.4 is 10.1 Å². The Hall–Kier alpha value is -3.35. The average molecular weight is 495 g/mol. The van der Waals surface area contributed by atoms with Crippen LogP contribution in [0.3, 0.4) is 0 Å². The van der Waals surface area contributed by atoms with Gasteiger partial charge in [-0.15, -0.1) is 10.2 Å². The molecule has 0 saturated heterocycles. The zero-order valence-corrected chi connectivity index (χ0v) is 20.4. The minimum atomic E-state index is -0.0315. The fourth-order valence-corrected chi connectivity index (χ4v) is 3.94. The molecule has 4 aromatic rings. The highest BCUT2D eigenvalue weighted by Crippen LogP contribution is 2.33. The number of fused-ring (bicyclic) bond motifs is 1. The monoisotopic (exact) mass is 494 g/mol. The summed E-state index contributed by atoms with van der Waals surface area (Å²) in [4.78, 5) is 13.9. The summed E-state index contributed by atoms with van der Waals surface area (Å²) in [5.74, 6) is 1.21. The van der Waals surface area contributed by atoms with E-state index in [4.69, 9.17) is 27.9 Å². The number of anilines is 2. The first-order valence-corrected chi connectivity index (χ1v) is 11.7. The second-order valence-electron chi connectivity index (χ2n) is 7.58. The molecule has 1 aromatic heterocycles. The first-order valence-electron chi connectivity index (χ1n) is 11.0. The fourth-order valence-electron chi connectivity index (χ4n) is 3.64. The molecule has 1 N–H and O–H groups in total. The molecule has 174 valence electrons. The Morgan fingerprint density at radius 2 is 1.62 bits per heavy atom. The van der Waals surface area contributed by atoms with Gasteiger partial charge < -0.3 is 15.0 Å². The van der Waals surface area contributed by atoms with Gasteiger partial charge in [0.15, 0.2) is 12.4 Å². The zero-order chi connectivity index (χ0) is 24.1. The van der Waals surface area contributed by atoms with E-state index in [1.807, 2.05) is 68.4 Å². The van der Waals surface area contributed by atoms with Gasteiger partial charge in [-0.25, -0.2) is 0 Å². The second-order valence-corrected chi connectivity index (χ2v) is 8.39. The van der Waals surface area contributed by atoms with Crippen LogP contribution >= 0.6 is 23.2 Å². The van der Waals surface area contributed by atoms with Gasteiger partial charge in [0.1, 0.15) is 11.4 Å². The van der Waals surface area contributed by atoms with Gasteiger partial charge >= 0.3 is 0 Å². The van der Waals surface area contributed by atoms with Crippen molar-refractivity contribution in [3.8, 4) is 17.0 Å². The Morgan fingerprint density at radius 1 is 0.912 bits per heavy atom. The smallest absolute Gasteiger partial charge is 0.260 e. The van der Waals surface area contributed by atoms with Crippen molar-refractivity contribution in [2.24, 2.45) is 0 Å². The molecule has 8 heteroatoms. The summed E-state index contributed by atoms with van der Waals surface area (Å²) in [6.45, 7) is 5.25. The molecular formula is C26H24Cl2N4O2. The number of hydrogen-bond acceptors (Lipinski definition) is 5. The number of hydrogen-bond donors (Lipinski definition) is 1. The van der Waals surface area contributed by atoms with Gasteiger partial charge in [0, 0.05) is 35.1 Å². The minimum Gasteiger partial charge on any atom is -0.484 e. The maximum Gasteiger partial charge on any atom is 0.260 e. The fraction of sp³-hybridized carbons (Fsp3) is 0.192. The lowest BCUT2D eigenvalue weighted by Gasteiger charge is -2.18. The second kappa shape index (κ2) is 10.7. The van der Waals surface area contributed by atoms with Crippen molar-refractivity contribution in [3.05, 3.63) is 76.8 Å². The number of amides is 1. The first kappa shape index (κ1) is 23.8. The molecule has 0 spiro atoms. The molecule has 0 aliphatic carbocycles. The van der Waals surface area contributed by atoms with E-state index in [9.17, 15) is 4.79 Å². The first-order chi connectivity index (χ1) is 16.5. The molecular weight excluding hydrogens is 471 g/mol. The number of nitrogens with zero attached hydrogens (tertiary/aromatic N) is 3. The van der Waals surface area contributed by atoms with Crippen molar-refractivity contribution in [2.45, 2.75) is 13.8 Å². The Morgan fingerprint density at radius 3 is 2.29 bits per heavy atom. The number of likely N-dealkylation sites (N-methyl/N-ethyl adjacent to an activating group) is 1. The summed E-state index contributed by atoms with van der Waals surface area (Å²) < 4.78 is 5.68. The number of ether oxygens (including phenoxy) is 1. The number of aromatic nitrogens is 2. The third-order valence-electron chi connectivity index (χ3n) is 5.48. The van der Waals surface area contributed by atoms with Crippen LogP contribution in [-0.2, 0) is 4.79 Å². The van der Waals surface area contributed by atoms with Crippen LogP contribution in [0.2, 0.25) is 10.0 Å². The molecule has 0 bridgehead atoms.